The van der Waals surface area contributed by atoms with E-state index in [0.29, 0.717) is 19.1 Å². The Morgan fingerprint density at radius 2 is 2.35 bits per heavy atom. The predicted molar refractivity (Wildman–Crippen MR) is 77.5 cm³/mol. The third kappa shape index (κ3) is 3.81. The standard InChI is InChI=1S/C16H23NO3/c1-12-5-4-6-14(9-12)13(2)17-7-8-20-15(11-17)10-16(18)19-3/h4-6,9,13,15H,7-8,10-11H2,1-3H3/t13-,15+/m0/s1. The molecule has 4 nitrogen and oxygen atoms in total. The van der Waals surface area contributed by atoms with Crippen LogP contribution in [0.5, 0.6) is 0 Å². The highest BCUT2D eigenvalue weighted by atomic mass is 16.5. The van der Waals surface area contributed by atoms with Gasteiger partial charge < -0.3 is 9.47 Å². The maximum Gasteiger partial charge on any atom is 0.308 e. The van der Waals surface area contributed by atoms with Gasteiger partial charge in [0.05, 0.1) is 26.2 Å². The van der Waals surface area contributed by atoms with Crippen LogP contribution in [-0.2, 0) is 14.3 Å². The minimum atomic E-state index is -0.208. The van der Waals surface area contributed by atoms with Gasteiger partial charge in [-0.15, -0.1) is 0 Å². The number of benzene rings is 1. The molecule has 1 aliphatic heterocycles. The Bertz CT molecular complexity index is 461. The highest BCUT2D eigenvalue weighted by Gasteiger charge is 2.26. The predicted octanol–water partition coefficient (Wildman–Crippen LogP) is 2.32. The second-order valence-electron chi connectivity index (χ2n) is 5.36. The van der Waals surface area contributed by atoms with Gasteiger partial charge in [0.15, 0.2) is 0 Å². The van der Waals surface area contributed by atoms with Crippen LogP contribution in [0.2, 0.25) is 0 Å². The van der Waals surface area contributed by atoms with E-state index in [4.69, 9.17) is 9.47 Å². The fourth-order valence-electron chi connectivity index (χ4n) is 2.63. The summed E-state index contributed by atoms with van der Waals surface area (Å²) < 4.78 is 10.4. The number of carbonyl (C=O) groups is 1. The van der Waals surface area contributed by atoms with Crippen LogP contribution in [0.25, 0.3) is 0 Å². The normalized spacial score (nSPS) is 21.4. The number of rotatable bonds is 4. The summed E-state index contributed by atoms with van der Waals surface area (Å²) >= 11 is 0. The monoisotopic (exact) mass is 277 g/mol. The molecule has 2 rings (SSSR count). The zero-order valence-corrected chi connectivity index (χ0v) is 12.5. The van der Waals surface area contributed by atoms with E-state index in [1.165, 1.54) is 18.2 Å². The Hall–Kier alpha value is -1.39. The first kappa shape index (κ1) is 15.0. The van der Waals surface area contributed by atoms with Gasteiger partial charge in [0, 0.05) is 19.1 Å². The summed E-state index contributed by atoms with van der Waals surface area (Å²) in [6, 6.07) is 8.90. The first-order valence-corrected chi connectivity index (χ1v) is 7.09. The lowest BCUT2D eigenvalue weighted by Crippen LogP contribution is -2.44. The lowest BCUT2D eigenvalue weighted by atomic mass is 10.0. The Morgan fingerprint density at radius 1 is 1.55 bits per heavy atom. The van der Waals surface area contributed by atoms with Gasteiger partial charge in [-0.25, -0.2) is 0 Å². The Balaban J connectivity index is 1.99. The molecule has 0 amide bonds. The average molecular weight is 277 g/mol. The molecule has 0 aromatic heterocycles. The summed E-state index contributed by atoms with van der Waals surface area (Å²) in [6.45, 7) is 6.64. The highest BCUT2D eigenvalue weighted by Crippen LogP contribution is 2.24. The fraction of sp³-hybridized carbons (Fsp3) is 0.562. The molecule has 1 aromatic rings. The molecule has 2 atom stereocenters. The van der Waals surface area contributed by atoms with E-state index in [2.05, 4.69) is 43.0 Å². The molecule has 4 heteroatoms. The van der Waals surface area contributed by atoms with Crippen molar-refractivity contribution in [3.63, 3.8) is 0 Å². The van der Waals surface area contributed by atoms with Crippen molar-refractivity contribution in [2.45, 2.75) is 32.4 Å². The number of nitrogens with zero attached hydrogens (tertiary/aromatic N) is 1. The Morgan fingerprint density at radius 3 is 3.05 bits per heavy atom. The van der Waals surface area contributed by atoms with Crippen LogP contribution in [0.3, 0.4) is 0 Å². The van der Waals surface area contributed by atoms with Crippen molar-refractivity contribution in [2.75, 3.05) is 26.8 Å². The molecule has 0 spiro atoms. The topological polar surface area (TPSA) is 38.8 Å². The number of ether oxygens (including phenoxy) is 2. The van der Waals surface area contributed by atoms with Crippen LogP contribution in [0.15, 0.2) is 24.3 Å². The maximum atomic E-state index is 11.4. The number of hydrogen-bond donors (Lipinski definition) is 0. The number of carbonyl (C=O) groups excluding carboxylic acids is 1. The van der Waals surface area contributed by atoms with Crippen molar-refractivity contribution < 1.29 is 14.3 Å². The number of hydrogen-bond acceptors (Lipinski definition) is 4. The second kappa shape index (κ2) is 6.86. The molecule has 0 N–H and O–H groups in total. The average Bonchev–Trinajstić information content (AvgIpc) is 2.46. The number of esters is 1. The van der Waals surface area contributed by atoms with Crippen molar-refractivity contribution in [3.05, 3.63) is 35.4 Å². The SMILES string of the molecule is COC(=O)C[C@@H]1CN([C@@H](C)c2cccc(C)c2)CCO1. The number of aryl methyl sites for hydroxylation is 1. The van der Waals surface area contributed by atoms with Crippen molar-refractivity contribution in [2.24, 2.45) is 0 Å². The van der Waals surface area contributed by atoms with E-state index >= 15 is 0 Å². The summed E-state index contributed by atoms with van der Waals surface area (Å²) in [5.41, 5.74) is 2.58. The van der Waals surface area contributed by atoms with Crippen molar-refractivity contribution >= 4 is 5.97 Å². The van der Waals surface area contributed by atoms with Gasteiger partial charge >= 0.3 is 5.97 Å². The first-order valence-electron chi connectivity index (χ1n) is 7.09. The van der Waals surface area contributed by atoms with E-state index in [1.54, 1.807) is 0 Å². The third-order valence-corrected chi connectivity index (χ3v) is 3.86. The molecule has 1 aromatic carbocycles. The van der Waals surface area contributed by atoms with Crippen LogP contribution < -0.4 is 0 Å². The molecule has 0 unspecified atom stereocenters. The molecule has 1 fully saturated rings. The fourth-order valence-corrected chi connectivity index (χ4v) is 2.63. The molecule has 0 saturated carbocycles. The van der Waals surface area contributed by atoms with Gasteiger partial charge in [0.2, 0.25) is 0 Å². The first-order chi connectivity index (χ1) is 9.60. The quantitative estimate of drug-likeness (QED) is 0.792. The summed E-state index contributed by atoms with van der Waals surface area (Å²) in [4.78, 5) is 13.7. The van der Waals surface area contributed by atoms with E-state index in [1.807, 2.05) is 0 Å². The second-order valence-corrected chi connectivity index (χ2v) is 5.36. The summed E-state index contributed by atoms with van der Waals surface area (Å²) in [7, 11) is 1.41. The van der Waals surface area contributed by atoms with Crippen LogP contribution in [0.1, 0.15) is 30.5 Å². The van der Waals surface area contributed by atoms with Crippen LogP contribution >= 0.6 is 0 Å². The zero-order valence-electron chi connectivity index (χ0n) is 12.5. The van der Waals surface area contributed by atoms with E-state index in [9.17, 15) is 4.79 Å². The lowest BCUT2D eigenvalue weighted by Gasteiger charge is -2.36. The molecule has 0 radical (unpaired) electrons. The lowest BCUT2D eigenvalue weighted by molar-refractivity contribution is -0.146. The molecule has 110 valence electrons. The smallest absolute Gasteiger partial charge is 0.308 e. The molecule has 0 aliphatic carbocycles. The molecule has 1 saturated heterocycles. The van der Waals surface area contributed by atoms with Crippen molar-refractivity contribution in [1.29, 1.82) is 0 Å². The highest BCUT2D eigenvalue weighted by molar-refractivity contribution is 5.69. The molecule has 1 aliphatic rings. The van der Waals surface area contributed by atoms with Gasteiger partial charge in [-0.05, 0) is 19.4 Å². The zero-order chi connectivity index (χ0) is 14.5. The van der Waals surface area contributed by atoms with Crippen LogP contribution in [0.4, 0.5) is 0 Å². The minimum Gasteiger partial charge on any atom is -0.469 e. The summed E-state index contributed by atoms with van der Waals surface area (Å²) in [5, 5.41) is 0. The van der Waals surface area contributed by atoms with Gasteiger partial charge in [0.1, 0.15) is 0 Å². The molecular weight excluding hydrogens is 254 g/mol. The molecule has 20 heavy (non-hydrogen) atoms. The number of morpholine rings is 1. The Labute approximate surface area is 120 Å². The van der Waals surface area contributed by atoms with Gasteiger partial charge in [-0.3, -0.25) is 9.69 Å². The van der Waals surface area contributed by atoms with E-state index in [-0.39, 0.29) is 12.1 Å². The molecular formula is C16H23NO3. The van der Waals surface area contributed by atoms with Crippen LogP contribution in [0, 0.1) is 6.92 Å². The van der Waals surface area contributed by atoms with E-state index in [0.717, 1.165) is 13.1 Å². The van der Waals surface area contributed by atoms with Crippen molar-refractivity contribution in [1.82, 2.24) is 4.90 Å². The van der Waals surface area contributed by atoms with Crippen molar-refractivity contribution in [3.8, 4) is 0 Å². The van der Waals surface area contributed by atoms with Gasteiger partial charge in [-0.1, -0.05) is 29.8 Å². The number of methoxy groups -OCH3 is 1. The summed E-state index contributed by atoms with van der Waals surface area (Å²) in [5.74, 6) is -0.208. The third-order valence-electron chi connectivity index (χ3n) is 3.86. The maximum absolute atomic E-state index is 11.4. The largest absolute Gasteiger partial charge is 0.469 e. The van der Waals surface area contributed by atoms with E-state index < -0.39 is 0 Å². The minimum absolute atomic E-state index is 0.0662. The summed E-state index contributed by atoms with van der Waals surface area (Å²) in [6.07, 6.45) is 0.261. The molecule has 0 bridgehead atoms. The van der Waals surface area contributed by atoms with Gasteiger partial charge in [-0.2, -0.15) is 0 Å². The molecule has 1 heterocycles. The van der Waals surface area contributed by atoms with Crippen LogP contribution in [-0.4, -0.2) is 43.8 Å². The van der Waals surface area contributed by atoms with Gasteiger partial charge in [0.25, 0.3) is 0 Å². The Kier molecular flexibility index (Phi) is 5.15.